The van der Waals surface area contributed by atoms with Gasteiger partial charge < -0.3 is 9.80 Å². The summed E-state index contributed by atoms with van der Waals surface area (Å²) in [4.78, 5) is 4.58. The first kappa shape index (κ1) is 17.3. The fourth-order valence-corrected chi connectivity index (χ4v) is 4.96. The van der Waals surface area contributed by atoms with Crippen LogP contribution in [-0.4, -0.2) is 44.4 Å². The van der Waals surface area contributed by atoms with Gasteiger partial charge in [-0.3, -0.25) is 0 Å². The number of likely N-dealkylation sites (tertiary alicyclic amines) is 2. The molecule has 4 nitrogen and oxygen atoms in total. The molecule has 2 fully saturated rings. The molecule has 0 N–H and O–H groups in total. The SMILES string of the molecule is O=S(=O)(C=C(N1CCCCC1)N1CCCCC1)Cc1ccccc1. The first-order chi connectivity index (χ1) is 11.6. The lowest BCUT2D eigenvalue weighted by molar-refractivity contribution is 0.167. The molecule has 0 bridgehead atoms. The maximum atomic E-state index is 12.8. The van der Waals surface area contributed by atoms with E-state index in [4.69, 9.17) is 0 Å². The smallest absolute Gasteiger partial charge is 0.179 e. The Morgan fingerprint density at radius 3 is 1.83 bits per heavy atom. The van der Waals surface area contributed by atoms with Crippen molar-refractivity contribution >= 4 is 9.84 Å². The Labute approximate surface area is 146 Å². The fourth-order valence-electron chi connectivity index (χ4n) is 3.60. The van der Waals surface area contributed by atoms with Gasteiger partial charge in [-0.15, -0.1) is 0 Å². The Morgan fingerprint density at radius 2 is 1.33 bits per heavy atom. The molecule has 5 heteroatoms. The summed E-state index contributed by atoms with van der Waals surface area (Å²) in [5, 5.41) is 1.55. The van der Waals surface area contributed by atoms with Crippen LogP contribution in [-0.2, 0) is 15.6 Å². The second-order valence-electron chi connectivity index (χ2n) is 6.86. The Kier molecular flexibility index (Phi) is 5.82. The lowest BCUT2D eigenvalue weighted by Gasteiger charge is -2.39. The highest BCUT2D eigenvalue weighted by Crippen LogP contribution is 2.23. The van der Waals surface area contributed by atoms with E-state index in [0.717, 1.165) is 63.2 Å². The summed E-state index contributed by atoms with van der Waals surface area (Å²) in [6.45, 7) is 3.90. The lowest BCUT2D eigenvalue weighted by atomic mass is 10.1. The standard InChI is InChI=1S/C19H28N2O2S/c22-24(23,16-18-10-4-1-5-11-18)17-19(20-12-6-2-7-13-20)21-14-8-3-9-15-21/h1,4-5,10-11,17H,2-3,6-9,12-16H2. The number of piperidine rings is 2. The van der Waals surface area contributed by atoms with Crippen LogP contribution in [0.4, 0.5) is 0 Å². The normalized spacial score (nSPS) is 19.2. The molecule has 0 atom stereocenters. The number of sulfone groups is 1. The van der Waals surface area contributed by atoms with Crippen LogP contribution in [0, 0.1) is 0 Å². The molecule has 1 aromatic carbocycles. The van der Waals surface area contributed by atoms with Crippen molar-refractivity contribution in [1.82, 2.24) is 9.80 Å². The van der Waals surface area contributed by atoms with Crippen LogP contribution in [0.2, 0.25) is 0 Å². The molecule has 0 amide bonds. The maximum Gasteiger partial charge on any atom is 0.179 e. The van der Waals surface area contributed by atoms with Crippen molar-refractivity contribution in [3.63, 3.8) is 0 Å². The van der Waals surface area contributed by atoms with Crippen molar-refractivity contribution in [2.75, 3.05) is 26.2 Å². The van der Waals surface area contributed by atoms with E-state index in [1.807, 2.05) is 30.3 Å². The minimum Gasteiger partial charge on any atom is -0.358 e. The lowest BCUT2D eigenvalue weighted by Crippen LogP contribution is -2.41. The highest BCUT2D eigenvalue weighted by molar-refractivity contribution is 7.93. The van der Waals surface area contributed by atoms with Crippen LogP contribution >= 0.6 is 0 Å². The third-order valence-corrected chi connectivity index (χ3v) is 6.16. The molecule has 0 saturated carbocycles. The first-order valence-corrected chi connectivity index (χ1v) is 10.8. The van der Waals surface area contributed by atoms with Crippen molar-refractivity contribution < 1.29 is 8.42 Å². The van der Waals surface area contributed by atoms with Gasteiger partial charge in [0.05, 0.1) is 11.2 Å². The second kappa shape index (κ2) is 8.06. The summed E-state index contributed by atoms with van der Waals surface area (Å²) in [5.41, 5.74) is 0.852. The molecule has 0 aliphatic carbocycles. The van der Waals surface area contributed by atoms with Gasteiger partial charge in [0.15, 0.2) is 9.84 Å². The summed E-state index contributed by atoms with van der Waals surface area (Å²) in [7, 11) is -3.28. The van der Waals surface area contributed by atoms with Gasteiger partial charge in [0.2, 0.25) is 0 Å². The zero-order chi connectivity index (χ0) is 16.8. The Bertz CT molecular complexity index is 623. The van der Waals surface area contributed by atoms with Crippen LogP contribution in [0.15, 0.2) is 41.6 Å². The quantitative estimate of drug-likeness (QED) is 0.818. The van der Waals surface area contributed by atoms with E-state index in [9.17, 15) is 8.42 Å². The molecular formula is C19H28N2O2S. The number of hydrogen-bond donors (Lipinski definition) is 0. The van der Waals surface area contributed by atoms with E-state index in [2.05, 4.69) is 9.80 Å². The van der Waals surface area contributed by atoms with Gasteiger partial charge in [-0.25, -0.2) is 8.42 Å². The third-order valence-electron chi connectivity index (χ3n) is 4.86. The van der Waals surface area contributed by atoms with E-state index in [-0.39, 0.29) is 5.75 Å². The topological polar surface area (TPSA) is 40.6 Å². The van der Waals surface area contributed by atoms with Gasteiger partial charge in [0.25, 0.3) is 0 Å². The molecule has 2 heterocycles. The predicted molar refractivity (Wildman–Crippen MR) is 98.0 cm³/mol. The number of hydrogen-bond acceptors (Lipinski definition) is 4. The molecule has 2 aliphatic heterocycles. The molecule has 2 aliphatic rings. The summed E-state index contributed by atoms with van der Waals surface area (Å²) >= 11 is 0. The summed E-state index contributed by atoms with van der Waals surface area (Å²) in [6, 6.07) is 9.47. The molecule has 2 saturated heterocycles. The number of nitrogens with zero attached hydrogens (tertiary/aromatic N) is 2. The van der Waals surface area contributed by atoms with Crippen LogP contribution in [0.5, 0.6) is 0 Å². The van der Waals surface area contributed by atoms with Crippen LogP contribution in [0.1, 0.15) is 44.1 Å². The van der Waals surface area contributed by atoms with Gasteiger partial charge in [0.1, 0.15) is 5.82 Å². The Hall–Kier alpha value is -1.49. The van der Waals surface area contributed by atoms with Crippen molar-refractivity contribution in [3.8, 4) is 0 Å². The summed E-state index contributed by atoms with van der Waals surface area (Å²) in [6.07, 6.45) is 7.13. The van der Waals surface area contributed by atoms with Gasteiger partial charge in [-0.1, -0.05) is 30.3 Å². The van der Waals surface area contributed by atoms with Crippen LogP contribution in [0.3, 0.4) is 0 Å². The van der Waals surface area contributed by atoms with E-state index in [1.165, 1.54) is 12.8 Å². The second-order valence-corrected chi connectivity index (χ2v) is 8.71. The highest BCUT2D eigenvalue weighted by atomic mass is 32.2. The first-order valence-electron chi connectivity index (χ1n) is 9.12. The predicted octanol–water partition coefficient (Wildman–Crippen LogP) is 3.37. The monoisotopic (exact) mass is 348 g/mol. The van der Waals surface area contributed by atoms with Crippen molar-refractivity contribution in [1.29, 1.82) is 0 Å². The maximum absolute atomic E-state index is 12.8. The molecule has 132 valence electrons. The van der Waals surface area contributed by atoms with E-state index in [1.54, 1.807) is 5.41 Å². The zero-order valence-corrected chi connectivity index (χ0v) is 15.2. The van der Waals surface area contributed by atoms with Crippen LogP contribution in [0.25, 0.3) is 0 Å². The Morgan fingerprint density at radius 1 is 0.833 bits per heavy atom. The number of rotatable bonds is 5. The van der Waals surface area contributed by atoms with Gasteiger partial charge in [-0.05, 0) is 44.1 Å². The van der Waals surface area contributed by atoms with E-state index in [0.29, 0.717) is 0 Å². The number of benzene rings is 1. The van der Waals surface area contributed by atoms with E-state index < -0.39 is 9.84 Å². The molecule has 0 aromatic heterocycles. The fraction of sp³-hybridized carbons (Fsp3) is 0.579. The van der Waals surface area contributed by atoms with Gasteiger partial charge in [0, 0.05) is 26.2 Å². The summed E-state index contributed by atoms with van der Waals surface area (Å²) in [5.74, 6) is 1.02. The highest BCUT2D eigenvalue weighted by Gasteiger charge is 2.23. The van der Waals surface area contributed by atoms with Crippen LogP contribution < -0.4 is 0 Å². The Balaban J connectivity index is 1.83. The molecular weight excluding hydrogens is 320 g/mol. The van der Waals surface area contributed by atoms with Gasteiger partial charge >= 0.3 is 0 Å². The van der Waals surface area contributed by atoms with Crippen molar-refractivity contribution in [3.05, 3.63) is 47.1 Å². The molecule has 0 radical (unpaired) electrons. The molecule has 24 heavy (non-hydrogen) atoms. The third kappa shape index (κ3) is 4.76. The van der Waals surface area contributed by atoms with Gasteiger partial charge in [-0.2, -0.15) is 0 Å². The molecule has 1 aromatic rings. The van der Waals surface area contributed by atoms with Crippen molar-refractivity contribution in [2.24, 2.45) is 0 Å². The molecule has 3 rings (SSSR count). The molecule has 0 spiro atoms. The minimum absolute atomic E-state index is 0.0824. The average molecular weight is 349 g/mol. The van der Waals surface area contributed by atoms with Crippen molar-refractivity contribution in [2.45, 2.75) is 44.3 Å². The average Bonchev–Trinajstić information content (AvgIpc) is 2.62. The largest absolute Gasteiger partial charge is 0.358 e. The zero-order valence-electron chi connectivity index (χ0n) is 14.4. The molecule has 0 unspecified atom stereocenters. The van der Waals surface area contributed by atoms with E-state index >= 15 is 0 Å². The summed E-state index contributed by atoms with van der Waals surface area (Å²) < 4.78 is 25.5. The minimum atomic E-state index is -3.28.